The van der Waals surface area contributed by atoms with E-state index in [-0.39, 0.29) is 10.6 Å². The second-order valence-electron chi connectivity index (χ2n) is 1.79. The van der Waals surface area contributed by atoms with E-state index in [1.54, 1.807) is 6.07 Å². The van der Waals surface area contributed by atoms with Crippen molar-refractivity contribution >= 4 is 23.2 Å². The third-order valence-corrected chi connectivity index (χ3v) is 1.65. The first-order valence-corrected chi connectivity index (χ1v) is 3.59. The Morgan fingerprint density at radius 1 is 1.50 bits per heavy atom. The Balaban J connectivity index is 3.17. The summed E-state index contributed by atoms with van der Waals surface area (Å²) < 4.78 is 0. The average molecular weight is 178 g/mol. The summed E-state index contributed by atoms with van der Waals surface area (Å²) in [6, 6.07) is 3.20. The summed E-state index contributed by atoms with van der Waals surface area (Å²) >= 11 is 10.9. The molecule has 1 heterocycles. The number of alkyl halides is 1. The van der Waals surface area contributed by atoms with Crippen molar-refractivity contribution in [2.24, 2.45) is 0 Å². The van der Waals surface area contributed by atoms with Crippen molar-refractivity contribution in [1.29, 1.82) is 0 Å². The fraction of sp³-hybridized carbons (Fsp3) is 0.167. The van der Waals surface area contributed by atoms with E-state index in [4.69, 9.17) is 23.2 Å². The first-order valence-electron chi connectivity index (χ1n) is 2.67. The number of hydrogen-bond acceptors (Lipinski definition) is 1. The molecule has 0 radical (unpaired) electrons. The summed E-state index contributed by atoms with van der Waals surface area (Å²) in [5.74, 6) is 0.298. The highest BCUT2D eigenvalue weighted by Gasteiger charge is 1.94. The lowest BCUT2D eigenvalue weighted by molar-refractivity contribution is 1.12. The Morgan fingerprint density at radius 2 is 2.20 bits per heavy atom. The molecular formula is C6H5Cl2NO. The lowest BCUT2D eigenvalue weighted by Gasteiger charge is -1.92. The van der Waals surface area contributed by atoms with Gasteiger partial charge in [0.2, 0.25) is 0 Å². The lowest BCUT2D eigenvalue weighted by Crippen LogP contribution is -2.07. The monoisotopic (exact) mass is 177 g/mol. The molecule has 0 aromatic carbocycles. The standard InChI is InChI=1S/C6H5Cl2NO/c7-3-4-1-2-5(8)6(10)9-4/h1-2H,3H2,(H,9,10). The van der Waals surface area contributed by atoms with Crippen molar-refractivity contribution in [3.8, 4) is 0 Å². The van der Waals surface area contributed by atoms with Gasteiger partial charge in [0, 0.05) is 5.69 Å². The number of nitrogens with one attached hydrogen (secondary N) is 1. The molecule has 1 rings (SSSR count). The quantitative estimate of drug-likeness (QED) is 0.653. The van der Waals surface area contributed by atoms with Crippen molar-refractivity contribution in [2.45, 2.75) is 5.88 Å². The van der Waals surface area contributed by atoms with Gasteiger partial charge in [0.25, 0.3) is 5.56 Å². The van der Waals surface area contributed by atoms with E-state index in [0.29, 0.717) is 11.6 Å². The van der Waals surface area contributed by atoms with Crippen molar-refractivity contribution in [3.63, 3.8) is 0 Å². The van der Waals surface area contributed by atoms with Crippen molar-refractivity contribution in [1.82, 2.24) is 4.98 Å². The minimum Gasteiger partial charge on any atom is -0.324 e. The topological polar surface area (TPSA) is 32.9 Å². The van der Waals surface area contributed by atoms with Crippen molar-refractivity contribution in [2.75, 3.05) is 0 Å². The van der Waals surface area contributed by atoms with Gasteiger partial charge in [0.1, 0.15) is 5.02 Å². The van der Waals surface area contributed by atoms with E-state index in [9.17, 15) is 4.79 Å². The molecule has 0 bridgehead atoms. The zero-order valence-electron chi connectivity index (χ0n) is 5.03. The minimum atomic E-state index is -0.292. The van der Waals surface area contributed by atoms with Gasteiger partial charge in [-0.1, -0.05) is 11.6 Å². The number of hydrogen-bond donors (Lipinski definition) is 1. The fourth-order valence-electron chi connectivity index (χ4n) is 0.575. The van der Waals surface area contributed by atoms with Crippen LogP contribution in [0.2, 0.25) is 5.02 Å². The molecule has 54 valence electrons. The van der Waals surface area contributed by atoms with Gasteiger partial charge in [-0.05, 0) is 12.1 Å². The highest BCUT2D eigenvalue weighted by molar-refractivity contribution is 6.30. The molecule has 0 aliphatic carbocycles. The fourth-order valence-corrected chi connectivity index (χ4v) is 0.841. The summed E-state index contributed by atoms with van der Waals surface area (Å²) in [5, 5.41) is 0.189. The normalized spacial score (nSPS) is 9.80. The molecule has 0 amide bonds. The summed E-state index contributed by atoms with van der Waals surface area (Å²) in [4.78, 5) is 13.3. The second kappa shape index (κ2) is 3.08. The summed E-state index contributed by atoms with van der Waals surface area (Å²) in [6.45, 7) is 0. The van der Waals surface area contributed by atoms with Gasteiger partial charge in [-0.15, -0.1) is 11.6 Å². The van der Waals surface area contributed by atoms with Crippen LogP contribution in [-0.4, -0.2) is 4.98 Å². The largest absolute Gasteiger partial charge is 0.324 e. The van der Waals surface area contributed by atoms with Crippen LogP contribution in [0.3, 0.4) is 0 Å². The third kappa shape index (κ3) is 1.52. The average Bonchev–Trinajstić information content (AvgIpc) is 1.95. The van der Waals surface area contributed by atoms with E-state index in [1.165, 1.54) is 6.07 Å². The van der Waals surface area contributed by atoms with E-state index in [2.05, 4.69) is 4.98 Å². The Hall–Kier alpha value is -0.470. The van der Waals surface area contributed by atoms with Crippen molar-refractivity contribution < 1.29 is 0 Å². The maximum atomic E-state index is 10.8. The van der Waals surface area contributed by atoms with Crippen LogP contribution < -0.4 is 5.56 Å². The molecule has 2 nitrogen and oxygen atoms in total. The number of halogens is 2. The number of H-pyrrole nitrogens is 1. The zero-order valence-corrected chi connectivity index (χ0v) is 6.54. The van der Waals surface area contributed by atoms with Gasteiger partial charge >= 0.3 is 0 Å². The first kappa shape index (κ1) is 7.63. The molecular weight excluding hydrogens is 173 g/mol. The number of aromatic nitrogens is 1. The van der Waals surface area contributed by atoms with E-state index < -0.39 is 0 Å². The molecule has 0 aliphatic rings. The Labute approximate surface area is 67.8 Å². The molecule has 0 fully saturated rings. The molecule has 0 spiro atoms. The van der Waals surface area contributed by atoms with Crippen LogP contribution in [0.15, 0.2) is 16.9 Å². The molecule has 0 atom stereocenters. The highest BCUT2D eigenvalue weighted by Crippen LogP contribution is 2.02. The van der Waals surface area contributed by atoms with Gasteiger partial charge in [-0.3, -0.25) is 4.79 Å². The molecule has 1 aromatic heterocycles. The van der Waals surface area contributed by atoms with Crippen LogP contribution in [0.5, 0.6) is 0 Å². The van der Waals surface area contributed by atoms with Gasteiger partial charge < -0.3 is 4.98 Å². The zero-order chi connectivity index (χ0) is 7.56. The SMILES string of the molecule is O=c1[nH]c(CCl)ccc1Cl. The van der Waals surface area contributed by atoms with Gasteiger partial charge in [0.05, 0.1) is 5.88 Å². The highest BCUT2D eigenvalue weighted by atomic mass is 35.5. The number of aromatic amines is 1. The van der Waals surface area contributed by atoms with Gasteiger partial charge in [-0.2, -0.15) is 0 Å². The molecule has 0 unspecified atom stereocenters. The van der Waals surface area contributed by atoms with E-state index in [1.807, 2.05) is 0 Å². The number of pyridine rings is 1. The Kier molecular flexibility index (Phi) is 2.35. The second-order valence-corrected chi connectivity index (χ2v) is 2.47. The predicted octanol–water partition coefficient (Wildman–Crippen LogP) is 1.77. The Bertz CT molecular complexity index is 281. The van der Waals surface area contributed by atoms with Crippen LogP contribution in [-0.2, 0) is 5.88 Å². The maximum absolute atomic E-state index is 10.8. The summed E-state index contributed by atoms with van der Waals surface area (Å²) in [6.07, 6.45) is 0. The van der Waals surface area contributed by atoms with Crippen LogP contribution in [0.25, 0.3) is 0 Å². The van der Waals surface area contributed by atoms with E-state index in [0.717, 1.165) is 0 Å². The molecule has 0 saturated carbocycles. The maximum Gasteiger partial charge on any atom is 0.266 e. The minimum absolute atomic E-state index is 0.189. The summed E-state index contributed by atoms with van der Waals surface area (Å²) in [7, 11) is 0. The Morgan fingerprint density at radius 3 is 2.70 bits per heavy atom. The van der Waals surface area contributed by atoms with E-state index >= 15 is 0 Å². The first-order chi connectivity index (χ1) is 4.74. The molecule has 10 heavy (non-hydrogen) atoms. The molecule has 4 heteroatoms. The van der Waals surface area contributed by atoms with Crippen LogP contribution in [0.4, 0.5) is 0 Å². The van der Waals surface area contributed by atoms with Crippen LogP contribution in [0.1, 0.15) is 5.69 Å². The molecule has 0 saturated heterocycles. The molecule has 1 aromatic rings. The lowest BCUT2D eigenvalue weighted by atomic mass is 10.4. The number of rotatable bonds is 1. The van der Waals surface area contributed by atoms with Crippen molar-refractivity contribution in [3.05, 3.63) is 33.2 Å². The predicted molar refractivity (Wildman–Crippen MR) is 41.6 cm³/mol. The van der Waals surface area contributed by atoms with Gasteiger partial charge in [-0.25, -0.2) is 0 Å². The molecule has 1 N–H and O–H groups in total. The third-order valence-electron chi connectivity index (χ3n) is 1.07. The van der Waals surface area contributed by atoms with Gasteiger partial charge in [0.15, 0.2) is 0 Å². The smallest absolute Gasteiger partial charge is 0.266 e. The van der Waals surface area contributed by atoms with Crippen LogP contribution >= 0.6 is 23.2 Å². The molecule has 0 aliphatic heterocycles. The summed E-state index contributed by atoms with van der Waals surface area (Å²) in [5.41, 5.74) is 0.385. The van der Waals surface area contributed by atoms with Crippen LogP contribution in [0, 0.1) is 0 Å².